The molecular weight excluding hydrogens is 256 g/mol. The zero-order chi connectivity index (χ0) is 15.1. The maximum absolute atomic E-state index is 11.4. The van der Waals surface area contributed by atoms with E-state index in [1.807, 2.05) is 18.0 Å². The number of carboxylic acids is 1. The maximum atomic E-state index is 11.4. The Morgan fingerprint density at radius 3 is 2.55 bits per heavy atom. The third-order valence-corrected chi connectivity index (χ3v) is 3.12. The number of carbonyl (C=O) groups is 2. The van der Waals surface area contributed by atoms with Gasteiger partial charge in [0, 0.05) is 25.7 Å². The number of hydrogen-bond acceptors (Lipinski definition) is 3. The van der Waals surface area contributed by atoms with E-state index in [1.54, 1.807) is 19.1 Å². The van der Waals surface area contributed by atoms with Gasteiger partial charge in [0.1, 0.15) is 0 Å². The summed E-state index contributed by atoms with van der Waals surface area (Å²) in [5.41, 5.74) is 1.30. The molecule has 0 atom stereocenters. The summed E-state index contributed by atoms with van der Waals surface area (Å²) < 4.78 is 0. The molecule has 2 N–H and O–H groups in total. The number of rotatable bonds is 7. The van der Waals surface area contributed by atoms with E-state index < -0.39 is 5.97 Å². The zero-order valence-electron chi connectivity index (χ0n) is 12.3. The fourth-order valence-corrected chi connectivity index (χ4v) is 1.82. The van der Waals surface area contributed by atoms with Crippen molar-refractivity contribution in [2.75, 3.05) is 23.8 Å². The number of carbonyl (C=O) groups excluding carboxylic acids is 1. The minimum Gasteiger partial charge on any atom is -0.478 e. The summed E-state index contributed by atoms with van der Waals surface area (Å²) in [4.78, 5) is 24.7. The molecule has 0 aliphatic heterocycles. The highest BCUT2D eigenvalue weighted by Crippen LogP contribution is 2.23. The van der Waals surface area contributed by atoms with Gasteiger partial charge in [-0.05, 0) is 24.6 Å². The molecule has 5 nitrogen and oxygen atoms in total. The topological polar surface area (TPSA) is 69.6 Å². The van der Waals surface area contributed by atoms with Gasteiger partial charge in [0.05, 0.1) is 11.3 Å². The summed E-state index contributed by atoms with van der Waals surface area (Å²) in [5, 5.41) is 11.9. The highest BCUT2D eigenvalue weighted by Gasteiger charge is 2.14. The van der Waals surface area contributed by atoms with Crippen molar-refractivity contribution in [1.29, 1.82) is 0 Å². The van der Waals surface area contributed by atoms with Crippen molar-refractivity contribution in [3.63, 3.8) is 0 Å². The fraction of sp³-hybridized carbons (Fsp3) is 0.467. The van der Waals surface area contributed by atoms with Crippen LogP contribution in [0.25, 0.3) is 0 Å². The van der Waals surface area contributed by atoms with Crippen LogP contribution in [0, 0.1) is 0 Å². The van der Waals surface area contributed by atoms with Crippen LogP contribution in [0.3, 0.4) is 0 Å². The van der Waals surface area contributed by atoms with Crippen LogP contribution in [0.15, 0.2) is 18.2 Å². The normalized spacial score (nSPS) is 10.2. The van der Waals surface area contributed by atoms with Crippen molar-refractivity contribution in [3.05, 3.63) is 23.8 Å². The number of carboxylic acid groups (broad SMARTS) is 1. The lowest BCUT2D eigenvalue weighted by Crippen LogP contribution is -2.19. The van der Waals surface area contributed by atoms with E-state index in [9.17, 15) is 14.7 Å². The van der Waals surface area contributed by atoms with Crippen LogP contribution in [0.5, 0.6) is 0 Å². The Morgan fingerprint density at radius 2 is 2.00 bits per heavy atom. The molecule has 0 saturated heterocycles. The Labute approximate surface area is 119 Å². The monoisotopic (exact) mass is 278 g/mol. The van der Waals surface area contributed by atoms with Gasteiger partial charge in [-0.3, -0.25) is 4.79 Å². The van der Waals surface area contributed by atoms with Crippen LogP contribution < -0.4 is 10.2 Å². The van der Waals surface area contributed by atoms with Crippen LogP contribution in [-0.4, -0.2) is 30.6 Å². The Balaban J connectivity index is 3.00. The number of amides is 1. The lowest BCUT2D eigenvalue weighted by molar-refractivity contribution is -0.115. The maximum Gasteiger partial charge on any atom is 0.337 e. The molecule has 0 saturated carbocycles. The molecule has 0 bridgehead atoms. The summed E-state index contributed by atoms with van der Waals surface area (Å²) in [6, 6.07) is 5.07. The second-order valence-corrected chi connectivity index (χ2v) is 4.71. The number of aromatic carboxylic acids is 1. The minimum atomic E-state index is -1.04. The first-order valence-corrected chi connectivity index (χ1v) is 6.87. The number of hydrogen-bond donors (Lipinski definition) is 2. The minimum absolute atomic E-state index is 0.118. The van der Waals surface area contributed by atoms with E-state index in [0.717, 1.165) is 25.1 Å². The van der Waals surface area contributed by atoms with E-state index >= 15 is 0 Å². The molecular formula is C15H22N2O3. The molecule has 0 radical (unpaired) electrons. The van der Waals surface area contributed by atoms with Crippen LogP contribution in [0.1, 0.15) is 43.5 Å². The first-order chi connectivity index (χ1) is 9.49. The Kier molecular flexibility index (Phi) is 6.03. The van der Waals surface area contributed by atoms with Gasteiger partial charge in [0.25, 0.3) is 0 Å². The quantitative estimate of drug-likeness (QED) is 0.804. The molecule has 0 aliphatic carbocycles. The lowest BCUT2D eigenvalue weighted by atomic mass is 10.1. The van der Waals surface area contributed by atoms with Gasteiger partial charge in [-0.1, -0.05) is 20.3 Å². The number of benzene rings is 1. The first kappa shape index (κ1) is 16.0. The molecule has 1 aromatic rings. The van der Waals surface area contributed by atoms with E-state index in [2.05, 4.69) is 12.2 Å². The summed E-state index contributed by atoms with van der Waals surface area (Å²) in [6.45, 7) is 4.71. The van der Waals surface area contributed by atoms with Gasteiger partial charge >= 0.3 is 5.97 Å². The molecule has 0 fully saturated rings. The lowest BCUT2D eigenvalue weighted by Gasteiger charge is -2.20. The van der Waals surface area contributed by atoms with Crippen molar-refractivity contribution < 1.29 is 14.7 Å². The smallest absolute Gasteiger partial charge is 0.337 e. The first-order valence-electron chi connectivity index (χ1n) is 6.87. The fourth-order valence-electron chi connectivity index (χ4n) is 1.82. The molecule has 0 spiro atoms. The molecule has 0 heterocycles. The van der Waals surface area contributed by atoms with Gasteiger partial charge in [-0.25, -0.2) is 4.79 Å². The summed E-state index contributed by atoms with van der Waals surface area (Å²) in [6.07, 6.45) is 2.45. The average Bonchev–Trinajstić information content (AvgIpc) is 2.44. The summed E-state index contributed by atoms with van der Waals surface area (Å²) >= 11 is 0. The van der Waals surface area contributed by atoms with Crippen molar-refractivity contribution in [1.82, 2.24) is 0 Å². The number of nitrogens with one attached hydrogen (secondary N) is 1. The molecule has 110 valence electrons. The van der Waals surface area contributed by atoms with Crippen LogP contribution in [-0.2, 0) is 4.79 Å². The van der Waals surface area contributed by atoms with E-state index in [-0.39, 0.29) is 11.5 Å². The van der Waals surface area contributed by atoms with Crippen molar-refractivity contribution in [2.24, 2.45) is 0 Å². The summed E-state index contributed by atoms with van der Waals surface area (Å²) in [5.74, 6) is -1.23. The molecule has 5 heteroatoms. The number of unbranched alkanes of at least 4 members (excludes halogenated alkanes) is 1. The Hall–Kier alpha value is -2.04. The Morgan fingerprint density at radius 1 is 1.30 bits per heavy atom. The van der Waals surface area contributed by atoms with Gasteiger partial charge in [0.2, 0.25) is 5.91 Å². The second-order valence-electron chi connectivity index (χ2n) is 4.71. The Bertz CT molecular complexity index is 486. The van der Waals surface area contributed by atoms with E-state index in [0.29, 0.717) is 12.1 Å². The molecule has 1 rings (SSSR count). The highest BCUT2D eigenvalue weighted by molar-refractivity contribution is 6.01. The van der Waals surface area contributed by atoms with Crippen LogP contribution in [0.2, 0.25) is 0 Å². The van der Waals surface area contributed by atoms with Crippen molar-refractivity contribution in [2.45, 2.75) is 33.1 Å². The number of anilines is 2. The molecule has 0 aliphatic rings. The van der Waals surface area contributed by atoms with Crippen LogP contribution in [0.4, 0.5) is 11.4 Å². The predicted molar refractivity (Wildman–Crippen MR) is 80.5 cm³/mol. The zero-order valence-corrected chi connectivity index (χ0v) is 12.3. The largest absolute Gasteiger partial charge is 0.478 e. The molecule has 20 heavy (non-hydrogen) atoms. The van der Waals surface area contributed by atoms with Gasteiger partial charge in [-0.15, -0.1) is 0 Å². The van der Waals surface area contributed by atoms with Crippen molar-refractivity contribution in [3.8, 4) is 0 Å². The van der Waals surface area contributed by atoms with Crippen LogP contribution >= 0.6 is 0 Å². The van der Waals surface area contributed by atoms with E-state index in [1.165, 1.54) is 0 Å². The summed E-state index contributed by atoms with van der Waals surface area (Å²) in [7, 11) is 1.93. The molecule has 0 aromatic heterocycles. The molecule has 0 unspecified atom stereocenters. The molecule has 1 aromatic carbocycles. The van der Waals surface area contributed by atoms with Gasteiger partial charge in [-0.2, -0.15) is 0 Å². The second kappa shape index (κ2) is 7.53. The predicted octanol–water partition coefficient (Wildman–Crippen LogP) is 2.97. The highest BCUT2D eigenvalue weighted by atomic mass is 16.4. The van der Waals surface area contributed by atoms with Gasteiger partial charge < -0.3 is 15.3 Å². The third-order valence-electron chi connectivity index (χ3n) is 3.12. The van der Waals surface area contributed by atoms with Gasteiger partial charge in [0.15, 0.2) is 0 Å². The van der Waals surface area contributed by atoms with Crippen molar-refractivity contribution >= 4 is 23.3 Å². The SMILES string of the molecule is CCCCN(C)c1ccc(NC(=O)CC)c(C(=O)O)c1. The average molecular weight is 278 g/mol. The van der Waals surface area contributed by atoms with E-state index in [4.69, 9.17) is 0 Å². The third kappa shape index (κ3) is 4.26. The molecule has 1 amide bonds. The number of nitrogens with zero attached hydrogens (tertiary/aromatic N) is 1. The standard InChI is InChI=1S/C15H22N2O3/c1-4-6-9-17(3)11-7-8-13(16-14(18)5-2)12(10-11)15(19)20/h7-8,10H,4-6,9H2,1-3H3,(H,16,18)(H,19,20).